The Labute approximate surface area is 131 Å². The fraction of sp³-hybridized carbons (Fsp3) is 0.625. The molecule has 1 N–H and O–H groups in total. The predicted molar refractivity (Wildman–Crippen MR) is 93.7 cm³/mol. The van der Waals surface area contributed by atoms with Crippen LogP contribution in [0, 0.1) is 12.8 Å². The molecule has 0 bridgehead atoms. The van der Waals surface area contributed by atoms with E-state index in [4.69, 9.17) is 4.98 Å². The normalized spacial score (nSPS) is 11.3. The highest BCUT2D eigenvalue weighted by Crippen LogP contribution is 2.32. The summed E-state index contributed by atoms with van der Waals surface area (Å²) in [6.07, 6.45) is 2.42. The number of nitrogens with one attached hydrogen (secondary N) is 1. The van der Waals surface area contributed by atoms with E-state index in [2.05, 4.69) is 49.0 Å². The van der Waals surface area contributed by atoms with Crippen LogP contribution < -0.4 is 10.2 Å². The predicted octanol–water partition coefficient (Wildman–Crippen LogP) is 4.30. The average Bonchev–Trinajstić information content (AvgIpc) is 2.88. The fourth-order valence-corrected chi connectivity index (χ4v) is 3.48. The zero-order valence-corrected chi connectivity index (χ0v) is 14.5. The zero-order chi connectivity index (χ0) is 15.4. The Morgan fingerprint density at radius 1 is 1.24 bits per heavy atom. The van der Waals surface area contributed by atoms with E-state index in [-0.39, 0.29) is 0 Å². The van der Waals surface area contributed by atoms with Gasteiger partial charge < -0.3 is 10.2 Å². The van der Waals surface area contributed by atoms with E-state index in [9.17, 15) is 0 Å². The van der Waals surface area contributed by atoms with Crippen molar-refractivity contribution in [1.29, 1.82) is 0 Å². The third-order valence-electron chi connectivity index (χ3n) is 4.03. The molecular weight excluding hydrogens is 280 g/mol. The van der Waals surface area contributed by atoms with Gasteiger partial charge in [-0.2, -0.15) is 4.98 Å². The number of hydrogen-bond donors (Lipinski definition) is 1. The lowest BCUT2D eigenvalue weighted by Crippen LogP contribution is -2.30. The van der Waals surface area contributed by atoms with Gasteiger partial charge in [-0.05, 0) is 25.8 Å². The van der Waals surface area contributed by atoms with Gasteiger partial charge in [0.15, 0.2) is 0 Å². The summed E-state index contributed by atoms with van der Waals surface area (Å²) in [7, 11) is 1.88. The molecule has 0 amide bonds. The maximum atomic E-state index is 4.74. The lowest BCUT2D eigenvalue weighted by Gasteiger charge is -2.27. The van der Waals surface area contributed by atoms with E-state index in [1.54, 1.807) is 11.3 Å². The summed E-state index contributed by atoms with van der Waals surface area (Å²) in [5.74, 6) is 2.50. The second kappa shape index (κ2) is 7.07. The standard InChI is InChI=1S/C16H26N4S/c1-6-12(7-2)10-20(8-3)14-13-9-11(4)21-15(13)19-16(17-5)18-14/h9,12H,6-8,10H2,1-5H3,(H,17,18,19). The lowest BCUT2D eigenvalue weighted by molar-refractivity contribution is 0.485. The van der Waals surface area contributed by atoms with E-state index in [1.165, 1.54) is 23.1 Å². The molecule has 2 aromatic rings. The molecule has 5 heteroatoms. The molecule has 0 unspecified atom stereocenters. The first-order chi connectivity index (χ1) is 10.1. The highest BCUT2D eigenvalue weighted by atomic mass is 32.1. The molecule has 0 aliphatic heterocycles. The Morgan fingerprint density at radius 3 is 2.52 bits per heavy atom. The van der Waals surface area contributed by atoms with Gasteiger partial charge >= 0.3 is 0 Å². The first-order valence-electron chi connectivity index (χ1n) is 7.83. The van der Waals surface area contributed by atoms with E-state index < -0.39 is 0 Å². The van der Waals surface area contributed by atoms with Crippen LogP contribution in [-0.4, -0.2) is 30.1 Å². The van der Waals surface area contributed by atoms with Crippen LogP contribution in [0.15, 0.2) is 6.07 Å². The van der Waals surface area contributed by atoms with Gasteiger partial charge in [-0.3, -0.25) is 0 Å². The fourth-order valence-electron chi connectivity index (χ4n) is 2.60. The molecule has 0 aromatic carbocycles. The van der Waals surface area contributed by atoms with Crippen molar-refractivity contribution in [3.05, 3.63) is 10.9 Å². The summed E-state index contributed by atoms with van der Waals surface area (Å²) in [5, 5.41) is 4.27. The molecular formula is C16H26N4S. The van der Waals surface area contributed by atoms with Crippen molar-refractivity contribution < 1.29 is 0 Å². The number of rotatable bonds is 7. The van der Waals surface area contributed by atoms with Crippen LogP contribution in [0.4, 0.5) is 11.8 Å². The Kier molecular flexibility index (Phi) is 5.39. The summed E-state index contributed by atoms with van der Waals surface area (Å²) in [6, 6.07) is 2.21. The van der Waals surface area contributed by atoms with Gasteiger partial charge in [0.25, 0.3) is 0 Å². The molecule has 21 heavy (non-hydrogen) atoms. The molecule has 0 saturated heterocycles. The molecule has 2 heterocycles. The van der Waals surface area contributed by atoms with Crippen molar-refractivity contribution in [1.82, 2.24) is 9.97 Å². The van der Waals surface area contributed by atoms with Crippen molar-refractivity contribution in [2.75, 3.05) is 30.4 Å². The summed E-state index contributed by atoms with van der Waals surface area (Å²) in [4.78, 5) is 14.1. The molecule has 0 fully saturated rings. The van der Waals surface area contributed by atoms with Crippen LogP contribution >= 0.6 is 11.3 Å². The monoisotopic (exact) mass is 306 g/mol. The number of anilines is 2. The van der Waals surface area contributed by atoms with Crippen LogP contribution in [-0.2, 0) is 0 Å². The van der Waals surface area contributed by atoms with Crippen LogP contribution in [0.3, 0.4) is 0 Å². The van der Waals surface area contributed by atoms with Gasteiger partial charge in [0.05, 0.1) is 5.39 Å². The van der Waals surface area contributed by atoms with E-state index in [0.29, 0.717) is 11.9 Å². The van der Waals surface area contributed by atoms with Crippen LogP contribution in [0.25, 0.3) is 10.2 Å². The summed E-state index contributed by atoms with van der Waals surface area (Å²) in [5.41, 5.74) is 0. The first kappa shape index (κ1) is 16.0. The van der Waals surface area contributed by atoms with Crippen LogP contribution in [0.2, 0.25) is 0 Å². The van der Waals surface area contributed by atoms with Crippen LogP contribution in [0.5, 0.6) is 0 Å². The number of hydrogen-bond acceptors (Lipinski definition) is 5. The van der Waals surface area contributed by atoms with Gasteiger partial charge in [0.2, 0.25) is 5.95 Å². The Balaban J connectivity index is 2.45. The van der Waals surface area contributed by atoms with Crippen molar-refractivity contribution in [3.8, 4) is 0 Å². The van der Waals surface area contributed by atoms with Gasteiger partial charge in [0, 0.05) is 25.0 Å². The molecule has 0 saturated carbocycles. The highest BCUT2D eigenvalue weighted by Gasteiger charge is 2.17. The molecule has 2 rings (SSSR count). The zero-order valence-electron chi connectivity index (χ0n) is 13.7. The van der Waals surface area contributed by atoms with E-state index in [1.807, 2.05) is 7.05 Å². The Bertz CT molecular complexity index is 589. The minimum atomic E-state index is 0.711. The number of fused-ring (bicyclic) bond motifs is 1. The lowest BCUT2D eigenvalue weighted by atomic mass is 10.0. The Hall–Kier alpha value is -1.36. The molecule has 0 aliphatic rings. The largest absolute Gasteiger partial charge is 0.357 e. The third-order valence-corrected chi connectivity index (χ3v) is 4.98. The SMILES string of the molecule is CCC(CC)CN(CC)c1nc(NC)nc2sc(C)cc12. The first-order valence-corrected chi connectivity index (χ1v) is 8.65. The number of aryl methyl sites for hydroxylation is 1. The third kappa shape index (κ3) is 3.46. The topological polar surface area (TPSA) is 41.1 Å². The minimum Gasteiger partial charge on any atom is -0.357 e. The average molecular weight is 306 g/mol. The number of thiophene rings is 1. The quantitative estimate of drug-likeness (QED) is 0.828. The second-order valence-electron chi connectivity index (χ2n) is 5.42. The Morgan fingerprint density at radius 2 is 1.95 bits per heavy atom. The minimum absolute atomic E-state index is 0.711. The summed E-state index contributed by atoms with van der Waals surface area (Å²) in [6.45, 7) is 10.9. The molecule has 4 nitrogen and oxygen atoms in total. The molecule has 0 aliphatic carbocycles. The molecule has 116 valence electrons. The summed E-state index contributed by atoms with van der Waals surface area (Å²) >= 11 is 1.74. The van der Waals surface area contributed by atoms with Gasteiger partial charge in [-0.25, -0.2) is 4.98 Å². The molecule has 2 aromatic heterocycles. The second-order valence-corrected chi connectivity index (χ2v) is 6.65. The van der Waals surface area contributed by atoms with Crippen molar-refractivity contribution in [2.24, 2.45) is 5.92 Å². The summed E-state index contributed by atoms with van der Waals surface area (Å²) < 4.78 is 0. The number of nitrogens with zero attached hydrogens (tertiary/aromatic N) is 3. The number of aromatic nitrogens is 2. The maximum Gasteiger partial charge on any atom is 0.225 e. The van der Waals surface area contributed by atoms with Crippen molar-refractivity contribution in [2.45, 2.75) is 40.5 Å². The smallest absolute Gasteiger partial charge is 0.225 e. The molecule has 0 atom stereocenters. The molecule has 0 spiro atoms. The van der Waals surface area contributed by atoms with Crippen molar-refractivity contribution in [3.63, 3.8) is 0 Å². The van der Waals surface area contributed by atoms with Crippen molar-refractivity contribution >= 4 is 33.3 Å². The highest BCUT2D eigenvalue weighted by molar-refractivity contribution is 7.18. The van der Waals surface area contributed by atoms with Gasteiger partial charge in [-0.15, -0.1) is 11.3 Å². The molecule has 0 radical (unpaired) electrons. The van der Waals surface area contributed by atoms with E-state index >= 15 is 0 Å². The van der Waals surface area contributed by atoms with Gasteiger partial charge in [-0.1, -0.05) is 26.7 Å². The van der Waals surface area contributed by atoms with Crippen LogP contribution in [0.1, 0.15) is 38.5 Å². The van der Waals surface area contributed by atoms with E-state index in [0.717, 1.165) is 23.7 Å². The maximum absolute atomic E-state index is 4.74. The van der Waals surface area contributed by atoms with Gasteiger partial charge in [0.1, 0.15) is 10.6 Å².